The topological polar surface area (TPSA) is 69.6 Å². The van der Waals surface area contributed by atoms with Crippen molar-refractivity contribution in [2.24, 2.45) is 5.41 Å². The number of carboxylic acid groups (broad SMARTS) is 1. The maximum Gasteiger partial charge on any atom is 0.310 e. The third-order valence-corrected chi connectivity index (χ3v) is 3.77. The van der Waals surface area contributed by atoms with E-state index in [2.05, 4.69) is 5.32 Å². The van der Waals surface area contributed by atoms with Gasteiger partial charge in [0.2, 0.25) is 5.91 Å². The number of nitrogens with one attached hydrogen (secondary N) is 1. The van der Waals surface area contributed by atoms with Gasteiger partial charge in [-0.2, -0.15) is 0 Å². The van der Waals surface area contributed by atoms with Crippen LogP contribution in [0.5, 0.6) is 0 Å². The smallest absolute Gasteiger partial charge is 0.310 e. The molecule has 2 N–H and O–H groups in total. The summed E-state index contributed by atoms with van der Waals surface area (Å²) in [6, 6.07) is 7.59. The molecule has 0 bridgehead atoms. The van der Waals surface area contributed by atoms with E-state index in [1.54, 1.807) is 6.92 Å². The van der Waals surface area contributed by atoms with Gasteiger partial charge in [0.25, 0.3) is 0 Å². The maximum absolute atomic E-state index is 11.9. The Morgan fingerprint density at radius 3 is 2.55 bits per heavy atom. The molecule has 0 aromatic heterocycles. The maximum atomic E-state index is 11.9. The number of carboxylic acids is 1. The average molecular weight is 276 g/mol. The van der Waals surface area contributed by atoms with E-state index in [1.807, 2.05) is 36.1 Å². The summed E-state index contributed by atoms with van der Waals surface area (Å²) in [5.74, 6) is -0.901. The summed E-state index contributed by atoms with van der Waals surface area (Å²) in [7, 11) is 0. The van der Waals surface area contributed by atoms with E-state index < -0.39 is 11.4 Å². The van der Waals surface area contributed by atoms with Crippen LogP contribution in [0.25, 0.3) is 0 Å². The van der Waals surface area contributed by atoms with E-state index in [0.29, 0.717) is 19.5 Å². The fraction of sp³-hybridized carbons (Fsp3) is 0.467. The van der Waals surface area contributed by atoms with Crippen LogP contribution in [0.4, 0.5) is 5.69 Å². The Labute approximate surface area is 118 Å². The fourth-order valence-corrected chi connectivity index (χ4v) is 2.41. The van der Waals surface area contributed by atoms with Crippen molar-refractivity contribution in [3.8, 4) is 0 Å². The van der Waals surface area contributed by atoms with Gasteiger partial charge in [-0.05, 0) is 38.9 Å². The van der Waals surface area contributed by atoms with E-state index in [4.69, 9.17) is 5.11 Å². The lowest BCUT2D eigenvalue weighted by molar-refractivity contribution is -0.147. The van der Waals surface area contributed by atoms with E-state index >= 15 is 0 Å². The van der Waals surface area contributed by atoms with Crippen LogP contribution < -0.4 is 5.32 Å². The van der Waals surface area contributed by atoms with Crippen LogP contribution in [0.15, 0.2) is 24.3 Å². The van der Waals surface area contributed by atoms with Gasteiger partial charge in [0.15, 0.2) is 0 Å². The largest absolute Gasteiger partial charge is 0.481 e. The standard InChI is InChI=1S/C15H20N2O3/c1-11-3-5-12(6-4-11)16-13(18)9-17-8-7-15(2,10-17)14(19)20/h3-6H,7-10H2,1-2H3,(H,16,18)(H,19,20). The van der Waals surface area contributed by atoms with E-state index in [9.17, 15) is 9.59 Å². The van der Waals surface area contributed by atoms with E-state index in [0.717, 1.165) is 11.3 Å². The number of likely N-dealkylation sites (tertiary alicyclic amines) is 1. The number of hydrogen-bond donors (Lipinski definition) is 2. The summed E-state index contributed by atoms with van der Waals surface area (Å²) in [6.07, 6.45) is 0.583. The van der Waals surface area contributed by atoms with Gasteiger partial charge >= 0.3 is 5.97 Å². The summed E-state index contributed by atoms with van der Waals surface area (Å²) < 4.78 is 0. The van der Waals surface area contributed by atoms with Gasteiger partial charge in [-0.3, -0.25) is 14.5 Å². The zero-order valence-corrected chi connectivity index (χ0v) is 11.8. The molecule has 1 unspecified atom stereocenters. The van der Waals surface area contributed by atoms with Gasteiger partial charge in [0.05, 0.1) is 12.0 Å². The second kappa shape index (κ2) is 5.63. The lowest BCUT2D eigenvalue weighted by Gasteiger charge is -2.19. The SMILES string of the molecule is Cc1ccc(NC(=O)CN2CCC(C)(C(=O)O)C2)cc1. The number of rotatable bonds is 4. The van der Waals surface area contributed by atoms with Crippen molar-refractivity contribution in [2.45, 2.75) is 20.3 Å². The average Bonchev–Trinajstić information content (AvgIpc) is 2.75. The number of amides is 1. The Morgan fingerprint density at radius 1 is 1.35 bits per heavy atom. The first-order valence-corrected chi connectivity index (χ1v) is 6.71. The van der Waals surface area contributed by atoms with Crippen molar-refractivity contribution in [3.05, 3.63) is 29.8 Å². The fourth-order valence-electron chi connectivity index (χ4n) is 2.41. The van der Waals surface area contributed by atoms with Crippen LogP contribution in [0, 0.1) is 12.3 Å². The number of aliphatic carboxylic acids is 1. The molecule has 108 valence electrons. The van der Waals surface area contributed by atoms with Gasteiger partial charge in [0, 0.05) is 12.2 Å². The summed E-state index contributed by atoms with van der Waals surface area (Å²) in [6.45, 7) is 5.01. The van der Waals surface area contributed by atoms with Gasteiger partial charge in [-0.15, -0.1) is 0 Å². The molecule has 0 spiro atoms. The molecule has 5 heteroatoms. The molecule has 0 saturated carbocycles. The van der Waals surface area contributed by atoms with Crippen LogP contribution in [0.2, 0.25) is 0 Å². The van der Waals surface area contributed by atoms with Crippen molar-refractivity contribution in [1.82, 2.24) is 4.90 Å². The van der Waals surface area contributed by atoms with Crippen molar-refractivity contribution in [3.63, 3.8) is 0 Å². The summed E-state index contributed by atoms with van der Waals surface area (Å²) in [5, 5.41) is 12.0. The minimum atomic E-state index is -0.793. The first kappa shape index (κ1) is 14.5. The first-order valence-electron chi connectivity index (χ1n) is 6.71. The molecule has 5 nitrogen and oxygen atoms in total. The van der Waals surface area contributed by atoms with E-state index in [1.165, 1.54) is 0 Å². The highest BCUT2D eigenvalue weighted by Crippen LogP contribution is 2.29. The van der Waals surface area contributed by atoms with Crippen LogP contribution in [0.1, 0.15) is 18.9 Å². The number of carbonyl (C=O) groups is 2. The molecule has 1 atom stereocenters. The van der Waals surface area contributed by atoms with Gasteiger partial charge in [-0.25, -0.2) is 0 Å². The monoisotopic (exact) mass is 276 g/mol. The Hall–Kier alpha value is -1.88. The molecule has 1 fully saturated rings. The molecular formula is C15H20N2O3. The predicted octanol–water partition coefficient (Wildman–Crippen LogP) is 1.73. The summed E-state index contributed by atoms with van der Waals surface area (Å²) >= 11 is 0. The Kier molecular flexibility index (Phi) is 4.09. The highest BCUT2D eigenvalue weighted by atomic mass is 16.4. The van der Waals surface area contributed by atoms with Gasteiger partial charge in [0.1, 0.15) is 0 Å². The molecule has 1 aromatic carbocycles. The van der Waals surface area contributed by atoms with Gasteiger partial charge < -0.3 is 10.4 Å². The number of hydrogen-bond acceptors (Lipinski definition) is 3. The van der Waals surface area contributed by atoms with Crippen molar-refractivity contribution >= 4 is 17.6 Å². The molecule has 2 rings (SSSR count). The van der Waals surface area contributed by atoms with Crippen LogP contribution >= 0.6 is 0 Å². The van der Waals surface area contributed by atoms with Crippen LogP contribution in [0.3, 0.4) is 0 Å². The third-order valence-electron chi connectivity index (χ3n) is 3.77. The molecule has 20 heavy (non-hydrogen) atoms. The van der Waals surface area contributed by atoms with Crippen molar-refractivity contribution in [1.29, 1.82) is 0 Å². The summed E-state index contributed by atoms with van der Waals surface area (Å²) in [5.41, 5.74) is 1.17. The molecule has 1 heterocycles. The minimum Gasteiger partial charge on any atom is -0.481 e. The second-order valence-corrected chi connectivity index (χ2v) is 5.74. The molecule has 1 aliphatic rings. The molecule has 0 radical (unpaired) electrons. The zero-order valence-electron chi connectivity index (χ0n) is 11.8. The Bertz CT molecular complexity index is 512. The van der Waals surface area contributed by atoms with Gasteiger partial charge in [-0.1, -0.05) is 17.7 Å². The number of benzene rings is 1. The number of aryl methyl sites for hydroxylation is 1. The first-order chi connectivity index (χ1) is 9.39. The lowest BCUT2D eigenvalue weighted by atomic mass is 9.90. The number of nitrogens with zero attached hydrogens (tertiary/aromatic N) is 1. The summed E-state index contributed by atoms with van der Waals surface area (Å²) in [4.78, 5) is 25.0. The molecule has 0 aliphatic carbocycles. The quantitative estimate of drug-likeness (QED) is 0.878. The Balaban J connectivity index is 1.87. The third kappa shape index (κ3) is 3.36. The highest BCUT2D eigenvalue weighted by molar-refractivity contribution is 5.92. The molecular weight excluding hydrogens is 256 g/mol. The number of carbonyl (C=O) groups excluding carboxylic acids is 1. The molecule has 1 aliphatic heterocycles. The van der Waals surface area contributed by atoms with E-state index in [-0.39, 0.29) is 12.5 Å². The Morgan fingerprint density at radius 2 is 2.00 bits per heavy atom. The second-order valence-electron chi connectivity index (χ2n) is 5.74. The van der Waals surface area contributed by atoms with Crippen molar-refractivity contribution < 1.29 is 14.7 Å². The lowest BCUT2D eigenvalue weighted by Crippen LogP contribution is -2.35. The van der Waals surface area contributed by atoms with Crippen LogP contribution in [-0.2, 0) is 9.59 Å². The minimum absolute atomic E-state index is 0.108. The molecule has 1 aromatic rings. The zero-order chi connectivity index (χ0) is 14.8. The highest BCUT2D eigenvalue weighted by Gasteiger charge is 2.40. The predicted molar refractivity (Wildman–Crippen MR) is 76.6 cm³/mol. The normalized spacial score (nSPS) is 22.7. The number of anilines is 1. The van der Waals surface area contributed by atoms with Crippen molar-refractivity contribution in [2.75, 3.05) is 25.0 Å². The molecule has 1 saturated heterocycles. The van der Waals surface area contributed by atoms with Crippen LogP contribution in [-0.4, -0.2) is 41.5 Å². The molecule has 1 amide bonds.